The van der Waals surface area contributed by atoms with Crippen LogP contribution in [0.3, 0.4) is 0 Å². The van der Waals surface area contributed by atoms with Crippen LogP contribution in [0, 0.1) is 0 Å². The number of benzene rings is 2. The minimum Gasteiger partial charge on any atom is -0.324 e. The summed E-state index contributed by atoms with van der Waals surface area (Å²) >= 11 is 0. The first-order valence-electron chi connectivity index (χ1n) is 11.9. The highest BCUT2D eigenvalue weighted by Gasteiger charge is 2.38. The van der Waals surface area contributed by atoms with E-state index in [2.05, 4.69) is 10.0 Å². The van der Waals surface area contributed by atoms with Crippen molar-refractivity contribution in [2.45, 2.75) is 50.6 Å². The predicted octanol–water partition coefficient (Wildman–Crippen LogP) is 4.22. The molecule has 0 bridgehead atoms. The Morgan fingerprint density at radius 3 is 2.05 bits per heavy atom. The summed E-state index contributed by atoms with van der Waals surface area (Å²) in [4.78, 5) is 40.9. The SMILES string of the molecule is CC(C)(C)S(=O)(=O)NC1CCN(C(=O)Nc2ccc3c(c2)C(=O)N(c2ccc(C(F)(F)F)cc2)C3=O)CC1. The Balaban J connectivity index is 1.41. The van der Waals surface area contributed by atoms with Gasteiger partial charge in [0.25, 0.3) is 11.8 Å². The predicted molar refractivity (Wildman–Crippen MR) is 134 cm³/mol. The monoisotopic (exact) mass is 552 g/mol. The van der Waals surface area contributed by atoms with Gasteiger partial charge >= 0.3 is 12.2 Å². The van der Waals surface area contributed by atoms with Gasteiger partial charge in [0.15, 0.2) is 0 Å². The average molecular weight is 553 g/mol. The van der Waals surface area contributed by atoms with Gasteiger partial charge in [-0.25, -0.2) is 22.8 Å². The van der Waals surface area contributed by atoms with Crippen LogP contribution in [-0.4, -0.2) is 55.0 Å². The summed E-state index contributed by atoms with van der Waals surface area (Å²) in [6, 6.07) is 7.15. The van der Waals surface area contributed by atoms with Gasteiger partial charge in [-0.2, -0.15) is 13.2 Å². The Morgan fingerprint density at radius 2 is 1.50 bits per heavy atom. The number of hydrogen-bond donors (Lipinski definition) is 2. The number of piperidine rings is 1. The van der Waals surface area contributed by atoms with Gasteiger partial charge < -0.3 is 10.2 Å². The minimum absolute atomic E-state index is 0.000240. The van der Waals surface area contributed by atoms with Gasteiger partial charge in [-0.1, -0.05) is 0 Å². The van der Waals surface area contributed by atoms with Crippen molar-refractivity contribution in [2.24, 2.45) is 0 Å². The van der Waals surface area contributed by atoms with E-state index in [0.29, 0.717) is 25.9 Å². The smallest absolute Gasteiger partial charge is 0.324 e. The Morgan fingerprint density at radius 1 is 0.921 bits per heavy atom. The van der Waals surface area contributed by atoms with Crippen molar-refractivity contribution < 1.29 is 36.0 Å². The third-order valence-electron chi connectivity index (χ3n) is 6.50. The Labute approximate surface area is 218 Å². The quantitative estimate of drug-likeness (QED) is 0.551. The van der Waals surface area contributed by atoms with Crippen molar-refractivity contribution in [3.63, 3.8) is 0 Å². The van der Waals surface area contributed by atoms with Gasteiger partial charge in [0.1, 0.15) is 0 Å². The van der Waals surface area contributed by atoms with E-state index in [1.165, 1.54) is 23.1 Å². The van der Waals surface area contributed by atoms with Gasteiger partial charge in [-0.05, 0) is 76.1 Å². The van der Waals surface area contributed by atoms with Crippen LogP contribution >= 0.6 is 0 Å². The highest BCUT2D eigenvalue weighted by molar-refractivity contribution is 7.90. The molecule has 2 aromatic rings. The third kappa shape index (κ3) is 5.39. The van der Waals surface area contributed by atoms with E-state index in [4.69, 9.17) is 0 Å². The number of imide groups is 1. The second kappa shape index (κ2) is 9.70. The summed E-state index contributed by atoms with van der Waals surface area (Å²) in [5.41, 5.74) is -0.555. The minimum atomic E-state index is -4.55. The van der Waals surface area contributed by atoms with Crippen molar-refractivity contribution in [1.29, 1.82) is 0 Å². The molecule has 1 saturated heterocycles. The fourth-order valence-electron chi connectivity index (χ4n) is 4.15. The zero-order valence-electron chi connectivity index (χ0n) is 20.9. The van der Waals surface area contributed by atoms with Crippen LogP contribution in [0.1, 0.15) is 59.9 Å². The molecule has 38 heavy (non-hydrogen) atoms. The lowest BCUT2D eigenvalue weighted by Gasteiger charge is -2.33. The van der Waals surface area contributed by atoms with Crippen molar-refractivity contribution in [1.82, 2.24) is 9.62 Å². The molecule has 4 rings (SSSR count). The molecular formula is C25H27F3N4O5S. The van der Waals surface area contributed by atoms with Gasteiger partial charge in [-0.3, -0.25) is 9.59 Å². The first kappa shape index (κ1) is 27.6. The van der Waals surface area contributed by atoms with Crippen molar-refractivity contribution >= 4 is 39.2 Å². The third-order valence-corrected chi connectivity index (χ3v) is 8.76. The molecule has 2 aliphatic rings. The van der Waals surface area contributed by atoms with Crippen molar-refractivity contribution in [3.05, 3.63) is 59.2 Å². The lowest BCUT2D eigenvalue weighted by molar-refractivity contribution is -0.137. The lowest BCUT2D eigenvalue weighted by atomic mass is 10.1. The molecule has 0 unspecified atom stereocenters. The number of alkyl halides is 3. The normalized spacial score (nSPS) is 17.1. The molecule has 2 aromatic carbocycles. The van der Waals surface area contributed by atoms with Gasteiger partial charge in [0, 0.05) is 24.8 Å². The molecule has 0 aromatic heterocycles. The van der Waals surface area contributed by atoms with E-state index in [1.54, 1.807) is 20.8 Å². The molecule has 1 fully saturated rings. The molecule has 0 radical (unpaired) electrons. The molecule has 0 spiro atoms. The number of sulfonamides is 1. The van der Waals surface area contributed by atoms with Crippen LogP contribution in [0.4, 0.5) is 29.3 Å². The van der Waals surface area contributed by atoms with E-state index in [-0.39, 0.29) is 28.5 Å². The zero-order valence-corrected chi connectivity index (χ0v) is 21.7. The van der Waals surface area contributed by atoms with Crippen molar-refractivity contribution in [2.75, 3.05) is 23.3 Å². The molecule has 0 aliphatic carbocycles. The second-order valence-electron chi connectivity index (χ2n) is 10.2. The van der Waals surface area contributed by atoms with E-state index in [0.717, 1.165) is 29.2 Å². The topological polar surface area (TPSA) is 116 Å². The van der Waals surface area contributed by atoms with Gasteiger partial charge in [0.05, 0.1) is 27.1 Å². The largest absolute Gasteiger partial charge is 0.416 e. The number of anilines is 2. The molecule has 2 aliphatic heterocycles. The summed E-state index contributed by atoms with van der Waals surface area (Å²) in [6.07, 6.45) is -3.69. The van der Waals surface area contributed by atoms with Crippen LogP contribution in [-0.2, 0) is 16.2 Å². The number of rotatable bonds is 4. The summed E-state index contributed by atoms with van der Waals surface area (Å²) < 4.78 is 65.1. The molecular weight excluding hydrogens is 525 g/mol. The van der Waals surface area contributed by atoms with Gasteiger partial charge in [0.2, 0.25) is 10.0 Å². The summed E-state index contributed by atoms with van der Waals surface area (Å²) in [6.45, 7) is 5.45. The number of carbonyl (C=O) groups excluding carboxylic acids is 3. The standard InChI is InChI=1S/C25H27F3N4O5S/c1-24(2,3)38(36,37)30-16-10-12-31(13-11-16)23(35)29-17-6-9-19-20(14-17)22(34)32(21(19)33)18-7-4-15(5-8-18)25(26,27)28/h4-9,14,16,30H,10-13H2,1-3H3,(H,29,35). The Kier molecular flexibility index (Phi) is 7.04. The van der Waals surface area contributed by atoms with Gasteiger partial charge in [-0.15, -0.1) is 0 Å². The fraction of sp³-hybridized carbons (Fsp3) is 0.400. The van der Waals surface area contributed by atoms with Crippen LogP contribution in [0.5, 0.6) is 0 Å². The van der Waals surface area contributed by atoms with Crippen LogP contribution < -0.4 is 14.9 Å². The van der Waals surface area contributed by atoms with E-state index >= 15 is 0 Å². The van der Waals surface area contributed by atoms with Crippen molar-refractivity contribution in [3.8, 4) is 0 Å². The maximum Gasteiger partial charge on any atom is 0.416 e. The molecule has 0 atom stereocenters. The molecule has 2 heterocycles. The number of halogens is 3. The second-order valence-corrected chi connectivity index (χ2v) is 12.6. The highest BCUT2D eigenvalue weighted by Crippen LogP contribution is 2.34. The molecule has 204 valence electrons. The number of urea groups is 1. The number of fused-ring (bicyclic) bond motifs is 1. The molecule has 13 heteroatoms. The number of hydrogen-bond acceptors (Lipinski definition) is 5. The Hall–Kier alpha value is -3.45. The fourth-order valence-corrected chi connectivity index (χ4v) is 5.18. The first-order chi connectivity index (χ1) is 17.6. The molecule has 2 N–H and O–H groups in total. The maximum atomic E-state index is 13.0. The zero-order chi connectivity index (χ0) is 28.0. The molecule has 9 nitrogen and oxygen atoms in total. The number of nitrogens with zero attached hydrogens (tertiary/aromatic N) is 2. The summed E-state index contributed by atoms with van der Waals surface area (Å²) in [5, 5.41) is 2.68. The van der Waals surface area contributed by atoms with E-state index in [9.17, 15) is 36.0 Å². The maximum absolute atomic E-state index is 13.0. The summed E-state index contributed by atoms with van der Waals surface area (Å²) in [7, 11) is -3.52. The number of amides is 4. The highest BCUT2D eigenvalue weighted by atomic mass is 32.2. The average Bonchev–Trinajstić information content (AvgIpc) is 3.07. The van der Waals surface area contributed by atoms with Crippen LogP contribution in [0.25, 0.3) is 0 Å². The number of likely N-dealkylation sites (tertiary alicyclic amines) is 1. The Bertz CT molecular complexity index is 1380. The lowest BCUT2D eigenvalue weighted by Crippen LogP contribution is -2.50. The number of nitrogens with one attached hydrogen (secondary N) is 2. The molecule has 0 saturated carbocycles. The molecule has 4 amide bonds. The van der Waals surface area contributed by atoms with E-state index < -0.39 is 44.4 Å². The first-order valence-corrected chi connectivity index (χ1v) is 13.3. The van der Waals surface area contributed by atoms with Crippen LogP contribution in [0.15, 0.2) is 42.5 Å². The summed E-state index contributed by atoms with van der Waals surface area (Å²) in [5.74, 6) is -1.39. The van der Waals surface area contributed by atoms with E-state index in [1.807, 2.05) is 0 Å². The number of carbonyl (C=O) groups is 3. The van der Waals surface area contributed by atoms with Crippen LogP contribution in [0.2, 0.25) is 0 Å².